The van der Waals surface area contributed by atoms with E-state index in [-0.39, 0.29) is 0 Å². The normalized spacial score (nSPS) is 23.0. The van der Waals surface area contributed by atoms with Crippen LogP contribution in [-0.2, 0) is 6.42 Å². The third kappa shape index (κ3) is 2.61. The second-order valence-electron chi connectivity index (χ2n) is 6.34. The zero-order chi connectivity index (χ0) is 14.1. The van der Waals surface area contributed by atoms with Crippen LogP contribution in [0.1, 0.15) is 67.5 Å². The highest BCUT2D eigenvalue weighted by Gasteiger charge is 2.24. The maximum Gasteiger partial charge on any atom is 0.203 e. The number of hydrogen-bond donors (Lipinski definition) is 1. The van der Waals surface area contributed by atoms with Gasteiger partial charge in [-0.2, -0.15) is 0 Å². The molecule has 3 nitrogen and oxygen atoms in total. The van der Waals surface area contributed by atoms with E-state index >= 15 is 0 Å². The number of aryl methyl sites for hydroxylation is 1. The summed E-state index contributed by atoms with van der Waals surface area (Å²) in [6.07, 6.45) is 14.6. The molecular formula is C17H23N3S. The van der Waals surface area contributed by atoms with Crippen molar-refractivity contribution in [2.75, 3.05) is 5.32 Å². The molecule has 1 saturated carbocycles. The van der Waals surface area contributed by atoms with Crippen molar-refractivity contribution in [3.05, 3.63) is 34.3 Å². The summed E-state index contributed by atoms with van der Waals surface area (Å²) in [7, 11) is 0. The van der Waals surface area contributed by atoms with Gasteiger partial charge in [-0.25, -0.2) is 4.98 Å². The third-order valence-electron chi connectivity index (χ3n) is 4.99. The molecule has 0 aliphatic heterocycles. The number of imidazole rings is 1. The molecule has 4 rings (SSSR count). The van der Waals surface area contributed by atoms with Crippen molar-refractivity contribution >= 4 is 17.3 Å². The molecule has 0 bridgehead atoms. The Morgan fingerprint density at radius 1 is 1.14 bits per heavy atom. The Hall–Kier alpha value is -1.29. The first kappa shape index (κ1) is 13.4. The van der Waals surface area contributed by atoms with Crippen LogP contribution >= 0.6 is 11.3 Å². The number of thiophene rings is 1. The first-order chi connectivity index (χ1) is 10.4. The maximum absolute atomic E-state index is 4.60. The Kier molecular flexibility index (Phi) is 3.72. The molecule has 112 valence electrons. The molecule has 1 N–H and O–H groups in total. The van der Waals surface area contributed by atoms with Gasteiger partial charge in [-0.15, -0.1) is 11.3 Å². The lowest BCUT2D eigenvalue weighted by Gasteiger charge is -2.28. The van der Waals surface area contributed by atoms with Crippen molar-refractivity contribution in [2.24, 2.45) is 0 Å². The minimum atomic E-state index is 0.449. The second kappa shape index (κ2) is 5.84. The quantitative estimate of drug-likeness (QED) is 0.870. The van der Waals surface area contributed by atoms with E-state index < -0.39 is 0 Å². The molecule has 2 aliphatic rings. The molecule has 1 fully saturated rings. The van der Waals surface area contributed by atoms with Gasteiger partial charge < -0.3 is 9.88 Å². The average Bonchev–Trinajstić information content (AvgIpc) is 3.17. The van der Waals surface area contributed by atoms with Gasteiger partial charge in [0.1, 0.15) is 0 Å². The third-order valence-corrected chi connectivity index (χ3v) is 5.99. The Labute approximate surface area is 130 Å². The van der Waals surface area contributed by atoms with E-state index in [4.69, 9.17) is 0 Å². The molecule has 21 heavy (non-hydrogen) atoms. The van der Waals surface area contributed by atoms with Crippen molar-refractivity contribution in [1.82, 2.24) is 9.55 Å². The SMILES string of the molecule is c1cn(C2CCCCC2)c(NC2CCCc3sccc32)n1. The molecule has 1 unspecified atom stereocenters. The number of fused-ring (bicyclic) bond motifs is 1. The molecule has 0 radical (unpaired) electrons. The van der Waals surface area contributed by atoms with Crippen LogP contribution in [0, 0.1) is 0 Å². The van der Waals surface area contributed by atoms with Gasteiger partial charge in [-0.3, -0.25) is 0 Å². The summed E-state index contributed by atoms with van der Waals surface area (Å²) in [5.41, 5.74) is 1.50. The van der Waals surface area contributed by atoms with Crippen molar-refractivity contribution in [2.45, 2.75) is 63.5 Å². The summed E-state index contributed by atoms with van der Waals surface area (Å²) in [4.78, 5) is 6.16. The Morgan fingerprint density at radius 2 is 2.05 bits per heavy atom. The molecule has 0 spiro atoms. The van der Waals surface area contributed by atoms with Gasteiger partial charge in [0.25, 0.3) is 0 Å². The van der Waals surface area contributed by atoms with Crippen molar-refractivity contribution in [1.29, 1.82) is 0 Å². The standard InChI is InChI=1S/C17H23N3S/c1-2-5-13(6-3-1)20-11-10-18-17(20)19-15-7-4-8-16-14(15)9-12-21-16/h9-13,15H,1-8H2,(H,18,19). The van der Waals surface area contributed by atoms with Crippen molar-refractivity contribution in [3.63, 3.8) is 0 Å². The van der Waals surface area contributed by atoms with E-state index in [9.17, 15) is 0 Å². The summed E-state index contributed by atoms with van der Waals surface area (Å²) < 4.78 is 2.39. The van der Waals surface area contributed by atoms with E-state index in [0.29, 0.717) is 12.1 Å². The summed E-state index contributed by atoms with van der Waals surface area (Å²) >= 11 is 1.91. The number of nitrogens with one attached hydrogen (secondary N) is 1. The Bertz CT molecular complexity index is 595. The fourth-order valence-electron chi connectivity index (χ4n) is 3.87. The van der Waals surface area contributed by atoms with Crippen molar-refractivity contribution in [3.8, 4) is 0 Å². The summed E-state index contributed by atoms with van der Waals surface area (Å²) in [5, 5.41) is 5.96. The molecule has 0 aromatic carbocycles. The Balaban J connectivity index is 1.55. The van der Waals surface area contributed by atoms with Crippen LogP contribution in [0.25, 0.3) is 0 Å². The predicted molar refractivity (Wildman–Crippen MR) is 88.0 cm³/mol. The minimum Gasteiger partial charge on any atom is -0.349 e. The molecule has 2 heterocycles. The highest BCUT2D eigenvalue weighted by atomic mass is 32.1. The van der Waals surface area contributed by atoms with Crippen LogP contribution < -0.4 is 5.32 Å². The maximum atomic E-state index is 4.60. The van der Waals surface area contributed by atoms with Gasteiger partial charge in [0.05, 0.1) is 6.04 Å². The van der Waals surface area contributed by atoms with Gasteiger partial charge in [0.15, 0.2) is 0 Å². The van der Waals surface area contributed by atoms with E-state index in [1.807, 2.05) is 17.5 Å². The van der Waals surface area contributed by atoms with Crippen LogP contribution in [0.4, 0.5) is 5.95 Å². The van der Waals surface area contributed by atoms with Gasteiger partial charge in [-0.1, -0.05) is 19.3 Å². The topological polar surface area (TPSA) is 29.9 Å². The van der Waals surface area contributed by atoms with E-state index in [1.165, 1.54) is 56.9 Å². The zero-order valence-electron chi connectivity index (χ0n) is 12.4. The zero-order valence-corrected chi connectivity index (χ0v) is 13.2. The molecule has 4 heteroatoms. The molecule has 2 aromatic rings. The van der Waals surface area contributed by atoms with Crippen LogP contribution in [0.2, 0.25) is 0 Å². The smallest absolute Gasteiger partial charge is 0.203 e. The van der Waals surface area contributed by atoms with Crippen molar-refractivity contribution < 1.29 is 0 Å². The van der Waals surface area contributed by atoms with E-state index in [2.05, 4.69) is 32.5 Å². The van der Waals surface area contributed by atoms with Crippen LogP contribution in [-0.4, -0.2) is 9.55 Å². The minimum absolute atomic E-state index is 0.449. The van der Waals surface area contributed by atoms with Crippen LogP contribution in [0.5, 0.6) is 0 Å². The van der Waals surface area contributed by atoms with E-state index in [0.717, 1.165) is 5.95 Å². The number of rotatable bonds is 3. The van der Waals surface area contributed by atoms with Crippen LogP contribution in [0.15, 0.2) is 23.8 Å². The summed E-state index contributed by atoms with van der Waals surface area (Å²) in [6, 6.07) is 3.39. The molecule has 0 saturated heterocycles. The number of aromatic nitrogens is 2. The van der Waals surface area contributed by atoms with Crippen LogP contribution in [0.3, 0.4) is 0 Å². The molecule has 1 atom stereocenters. The predicted octanol–water partition coefficient (Wildman–Crippen LogP) is 4.94. The number of hydrogen-bond acceptors (Lipinski definition) is 3. The first-order valence-electron chi connectivity index (χ1n) is 8.27. The summed E-state index contributed by atoms with van der Waals surface area (Å²) in [6.45, 7) is 0. The lowest BCUT2D eigenvalue weighted by molar-refractivity contribution is 0.355. The lowest BCUT2D eigenvalue weighted by atomic mass is 9.94. The van der Waals surface area contributed by atoms with Gasteiger partial charge in [0, 0.05) is 23.3 Å². The van der Waals surface area contributed by atoms with Gasteiger partial charge in [0.2, 0.25) is 5.95 Å². The monoisotopic (exact) mass is 301 g/mol. The average molecular weight is 301 g/mol. The Morgan fingerprint density at radius 3 is 2.95 bits per heavy atom. The second-order valence-corrected chi connectivity index (χ2v) is 7.34. The fourth-order valence-corrected chi connectivity index (χ4v) is 4.86. The highest BCUT2D eigenvalue weighted by Crippen LogP contribution is 2.36. The number of anilines is 1. The molecular weight excluding hydrogens is 278 g/mol. The molecule has 2 aromatic heterocycles. The van der Waals surface area contributed by atoms with Gasteiger partial charge in [-0.05, 0) is 49.1 Å². The first-order valence-corrected chi connectivity index (χ1v) is 9.15. The van der Waals surface area contributed by atoms with E-state index in [1.54, 1.807) is 4.88 Å². The fraction of sp³-hybridized carbons (Fsp3) is 0.588. The molecule has 0 amide bonds. The van der Waals surface area contributed by atoms with Gasteiger partial charge >= 0.3 is 0 Å². The largest absolute Gasteiger partial charge is 0.349 e. The molecule has 2 aliphatic carbocycles. The summed E-state index contributed by atoms with van der Waals surface area (Å²) in [5.74, 6) is 1.07. The highest BCUT2D eigenvalue weighted by molar-refractivity contribution is 7.10. The number of nitrogens with zero attached hydrogens (tertiary/aromatic N) is 2. The lowest BCUT2D eigenvalue weighted by Crippen LogP contribution is -2.20.